The zero-order chi connectivity index (χ0) is 21.1. The Balaban J connectivity index is 2.21. The summed E-state index contributed by atoms with van der Waals surface area (Å²) in [6, 6.07) is 13.8. The molecule has 3 N–H and O–H groups in total. The topological polar surface area (TPSA) is 107 Å². The van der Waals surface area contributed by atoms with Crippen molar-refractivity contribution in [2.45, 2.75) is 37.1 Å². The van der Waals surface area contributed by atoms with Crippen LogP contribution >= 0.6 is 11.8 Å². The Hall–Kier alpha value is -3.13. The van der Waals surface area contributed by atoms with E-state index < -0.39 is 17.2 Å². The van der Waals surface area contributed by atoms with Gasteiger partial charge in [0, 0.05) is 0 Å². The van der Waals surface area contributed by atoms with Gasteiger partial charge in [-0.2, -0.15) is 0 Å². The zero-order valence-electron chi connectivity index (χ0n) is 16.4. The molecule has 0 saturated heterocycles. The molecule has 1 atom stereocenters. The second-order valence-electron chi connectivity index (χ2n) is 6.88. The maximum Gasteiger partial charge on any atom is 0.318 e. The van der Waals surface area contributed by atoms with Crippen LogP contribution in [0.15, 0.2) is 58.5 Å². The van der Waals surface area contributed by atoms with Crippen LogP contribution < -0.4 is 16.6 Å². The average Bonchev–Trinajstić information content (AvgIpc) is 2.67. The minimum atomic E-state index is -0.920. The third kappa shape index (κ3) is 4.32. The van der Waals surface area contributed by atoms with E-state index in [4.69, 9.17) is 5.73 Å². The quantitative estimate of drug-likeness (QED) is 0.496. The highest BCUT2D eigenvalue weighted by Crippen LogP contribution is 2.29. The molecule has 0 saturated carbocycles. The smallest absolute Gasteiger partial charge is 0.318 e. The molecule has 0 unspecified atom stereocenters. The van der Waals surface area contributed by atoms with E-state index in [9.17, 15) is 14.4 Å². The van der Waals surface area contributed by atoms with Gasteiger partial charge in [-0.1, -0.05) is 55.9 Å². The van der Waals surface area contributed by atoms with E-state index in [2.05, 4.69) is 10.3 Å². The summed E-state index contributed by atoms with van der Waals surface area (Å²) >= 11 is 1.10. The molecule has 150 valence electrons. The number of carbonyl (C=O) groups is 2. The number of thioether (sulfide) groups is 1. The second-order valence-corrected chi connectivity index (χ2v) is 8.19. The van der Waals surface area contributed by atoms with Gasteiger partial charge in [0.05, 0.1) is 21.8 Å². The zero-order valence-corrected chi connectivity index (χ0v) is 17.2. The number of urea groups is 1. The van der Waals surface area contributed by atoms with E-state index in [1.54, 1.807) is 31.2 Å². The highest BCUT2D eigenvalue weighted by atomic mass is 32.2. The number of benzene rings is 2. The Morgan fingerprint density at radius 2 is 1.72 bits per heavy atom. The molecule has 3 amide bonds. The van der Waals surface area contributed by atoms with Gasteiger partial charge in [0.25, 0.3) is 5.56 Å². The number of aromatic nitrogens is 2. The van der Waals surface area contributed by atoms with Crippen molar-refractivity contribution in [3.63, 3.8) is 0 Å². The summed E-state index contributed by atoms with van der Waals surface area (Å²) in [5, 5.41) is 2.24. The van der Waals surface area contributed by atoms with Crippen LogP contribution in [0.25, 0.3) is 16.6 Å². The van der Waals surface area contributed by atoms with Crippen molar-refractivity contribution in [3.8, 4) is 5.69 Å². The molecule has 7 nitrogen and oxygen atoms in total. The minimum Gasteiger partial charge on any atom is -0.351 e. The predicted molar refractivity (Wildman–Crippen MR) is 114 cm³/mol. The fourth-order valence-electron chi connectivity index (χ4n) is 3.02. The Kier molecular flexibility index (Phi) is 6.03. The Labute approximate surface area is 172 Å². The summed E-state index contributed by atoms with van der Waals surface area (Å²) in [5.74, 6) is -0.369. The van der Waals surface area contributed by atoms with E-state index in [0.717, 1.165) is 23.0 Å². The fraction of sp³-hybridized carbons (Fsp3) is 0.238. The molecule has 0 aliphatic rings. The summed E-state index contributed by atoms with van der Waals surface area (Å²) in [5.41, 5.74) is 7.08. The summed E-state index contributed by atoms with van der Waals surface area (Å²) in [7, 11) is 0. The lowest BCUT2D eigenvalue weighted by Gasteiger charge is -2.19. The van der Waals surface area contributed by atoms with Crippen molar-refractivity contribution in [1.29, 1.82) is 0 Å². The first-order valence-electron chi connectivity index (χ1n) is 9.17. The number of amides is 3. The van der Waals surface area contributed by atoms with Gasteiger partial charge < -0.3 is 5.73 Å². The SMILES string of the molecule is CC(C)c1ccccc1-n1c(S[C@H](C)C(=O)NC(N)=O)nc2ccccc2c1=O. The van der Waals surface area contributed by atoms with E-state index in [1.165, 1.54) is 4.57 Å². The average molecular weight is 410 g/mol. The van der Waals surface area contributed by atoms with E-state index in [0.29, 0.717) is 16.1 Å². The molecule has 3 rings (SSSR count). The van der Waals surface area contributed by atoms with Gasteiger partial charge in [0.1, 0.15) is 0 Å². The molecule has 1 heterocycles. The molecular formula is C21H22N4O3S. The largest absolute Gasteiger partial charge is 0.351 e. The number of nitrogens with zero attached hydrogens (tertiary/aromatic N) is 2. The van der Waals surface area contributed by atoms with Crippen LogP contribution in [0, 0.1) is 0 Å². The molecule has 1 aromatic heterocycles. The van der Waals surface area contributed by atoms with Crippen molar-refractivity contribution in [2.75, 3.05) is 0 Å². The van der Waals surface area contributed by atoms with Crippen LogP contribution in [0.2, 0.25) is 0 Å². The number of rotatable bonds is 5. The minimum absolute atomic E-state index is 0.179. The molecule has 0 bridgehead atoms. The normalized spacial score (nSPS) is 12.1. The van der Waals surface area contributed by atoms with Gasteiger partial charge in [-0.25, -0.2) is 9.78 Å². The van der Waals surface area contributed by atoms with Gasteiger partial charge in [-0.05, 0) is 36.6 Å². The third-order valence-corrected chi connectivity index (χ3v) is 5.49. The predicted octanol–water partition coefficient (Wildman–Crippen LogP) is 3.18. The standard InChI is InChI=1S/C21H22N4O3S/c1-12(2)14-8-5-7-11-17(14)25-19(27)15-9-4-6-10-16(15)23-21(25)29-13(3)18(26)24-20(22)28/h4-13H,1-3H3,(H3,22,24,26,28)/t13-/m1/s1. The lowest BCUT2D eigenvalue weighted by atomic mass is 10.0. The Morgan fingerprint density at radius 3 is 2.41 bits per heavy atom. The van der Waals surface area contributed by atoms with Crippen molar-refractivity contribution < 1.29 is 9.59 Å². The summed E-state index contributed by atoms with van der Waals surface area (Å²) in [6.45, 7) is 5.73. The van der Waals surface area contributed by atoms with E-state index in [1.807, 2.05) is 38.1 Å². The van der Waals surface area contributed by atoms with Crippen molar-refractivity contribution in [1.82, 2.24) is 14.9 Å². The van der Waals surface area contributed by atoms with Crippen LogP contribution in [0.5, 0.6) is 0 Å². The second kappa shape index (κ2) is 8.48. The maximum atomic E-state index is 13.4. The Bertz CT molecular complexity index is 1140. The Morgan fingerprint density at radius 1 is 1.07 bits per heavy atom. The van der Waals surface area contributed by atoms with Gasteiger partial charge in [0.15, 0.2) is 5.16 Å². The molecule has 3 aromatic rings. The summed E-state index contributed by atoms with van der Waals surface area (Å²) < 4.78 is 1.54. The van der Waals surface area contributed by atoms with Crippen molar-refractivity contribution in [2.24, 2.45) is 5.73 Å². The third-order valence-electron chi connectivity index (χ3n) is 4.44. The van der Waals surface area contributed by atoms with Crippen LogP contribution in [0.1, 0.15) is 32.3 Å². The van der Waals surface area contributed by atoms with Gasteiger partial charge in [-0.15, -0.1) is 0 Å². The van der Waals surface area contributed by atoms with Crippen LogP contribution in [0.4, 0.5) is 4.79 Å². The number of hydrogen-bond donors (Lipinski definition) is 2. The molecule has 0 fully saturated rings. The number of imide groups is 1. The molecule has 0 radical (unpaired) electrons. The van der Waals surface area contributed by atoms with E-state index >= 15 is 0 Å². The molecule has 2 aromatic carbocycles. The van der Waals surface area contributed by atoms with Crippen LogP contribution in [0.3, 0.4) is 0 Å². The van der Waals surface area contributed by atoms with Crippen molar-refractivity contribution >= 4 is 34.6 Å². The van der Waals surface area contributed by atoms with Gasteiger partial charge >= 0.3 is 6.03 Å². The molecule has 0 spiro atoms. The van der Waals surface area contributed by atoms with Crippen molar-refractivity contribution in [3.05, 3.63) is 64.4 Å². The van der Waals surface area contributed by atoms with Gasteiger partial charge in [-0.3, -0.25) is 19.5 Å². The van der Waals surface area contributed by atoms with Gasteiger partial charge in [0.2, 0.25) is 5.91 Å². The molecule has 29 heavy (non-hydrogen) atoms. The first-order valence-corrected chi connectivity index (χ1v) is 10.1. The molecule has 0 aliphatic heterocycles. The number of nitrogens with one attached hydrogen (secondary N) is 1. The first kappa shape index (κ1) is 20.6. The monoisotopic (exact) mass is 410 g/mol. The fourth-order valence-corrected chi connectivity index (χ4v) is 3.94. The number of primary amides is 1. The number of para-hydroxylation sites is 2. The molecular weight excluding hydrogens is 388 g/mol. The summed E-state index contributed by atoms with van der Waals surface area (Å²) in [6.07, 6.45) is 0. The van der Waals surface area contributed by atoms with E-state index in [-0.39, 0.29) is 11.5 Å². The maximum absolute atomic E-state index is 13.4. The summed E-state index contributed by atoms with van der Waals surface area (Å²) in [4.78, 5) is 41.2. The number of fused-ring (bicyclic) bond motifs is 1. The number of hydrogen-bond acceptors (Lipinski definition) is 5. The highest BCUT2D eigenvalue weighted by molar-refractivity contribution is 8.00. The lowest BCUT2D eigenvalue weighted by molar-refractivity contribution is -0.119. The number of nitrogens with two attached hydrogens (primary N) is 1. The molecule has 0 aliphatic carbocycles. The molecule has 8 heteroatoms. The lowest BCUT2D eigenvalue weighted by Crippen LogP contribution is -2.39. The van der Waals surface area contributed by atoms with Crippen LogP contribution in [-0.2, 0) is 4.79 Å². The highest BCUT2D eigenvalue weighted by Gasteiger charge is 2.22. The number of carbonyl (C=O) groups excluding carboxylic acids is 2. The van der Waals surface area contributed by atoms with Crippen LogP contribution in [-0.4, -0.2) is 26.7 Å². The first-order chi connectivity index (χ1) is 13.8.